The summed E-state index contributed by atoms with van der Waals surface area (Å²) in [6.45, 7) is 2.15. The van der Waals surface area contributed by atoms with E-state index in [1.807, 2.05) is 6.92 Å². The van der Waals surface area contributed by atoms with Gasteiger partial charge in [-0.15, -0.1) is 0 Å². The Morgan fingerprint density at radius 3 is 2.54 bits per heavy atom. The van der Waals surface area contributed by atoms with Crippen LogP contribution in [0.4, 0.5) is 0 Å². The Balaban J connectivity index is 3.84. The fourth-order valence-electron chi connectivity index (χ4n) is 0.772. The molecule has 0 rings (SSSR count). The zero-order valence-electron chi connectivity index (χ0n) is 7.41. The van der Waals surface area contributed by atoms with Gasteiger partial charge < -0.3 is 15.7 Å². The zero-order chi connectivity index (χ0) is 10.3. The summed E-state index contributed by atoms with van der Waals surface area (Å²) in [5.74, 6) is -1.04. The highest BCUT2D eigenvalue weighted by atomic mass is 32.1. The van der Waals surface area contributed by atoms with E-state index in [2.05, 4.69) is 23.3 Å². The molecule has 0 heterocycles. The first-order chi connectivity index (χ1) is 6.11. The van der Waals surface area contributed by atoms with Crippen LogP contribution in [0.5, 0.6) is 0 Å². The van der Waals surface area contributed by atoms with Crippen LogP contribution in [0.25, 0.3) is 0 Å². The molecular formula is C7H14N2O3S. The monoisotopic (exact) mass is 206 g/mol. The fraction of sp³-hybridized carbons (Fsp3) is 0.714. The molecule has 0 aliphatic carbocycles. The van der Waals surface area contributed by atoms with Crippen molar-refractivity contribution in [1.82, 2.24) is 10.6 Å². The number of nitrogens with one attached hydrogen (secondary N) is 2. The summed E-state index contributed by atoms with van der Waals surface area (Å²) < 4.78 is 0. The van der Waals surface area contributed by atoms with Crippen molar-refractivity contribution in [3.05, 3.63) is 0 Å². The average Bonchev–Trinajstić information content (AvgIpc) is 2.10. The van der Waals surface area contributed by atoms with Gasteiger partial charge in [0, 0.05) is 5.75 Å². The molecule has 0 aliphatic heterocycles. The zero-order valence-corrected chi connectivity index (χ0v) is 8.30. The summed E-state index contributed by atoms with van der Waals surface area (Å²) in [6, 6.07) is -0.423. The summed E-state index contributed by atoms with van der Waals surface area (Å²) in [5.41, 5.74) is 0. The Morgan fingerprint density at radius 2 is 2.15 bits per heavy atom. The van der Waals surface area contributed by atoms with E-state index in [-0.39, 0.29) is 12.5 Å². The molecule has 0 unspecified atom stereocenters. The summed E-state index contributed by atoms with van der Waals surface area (Å²) in [6.07, 6.45) is 0. The lowest BCUT2D eigenvalue weighted by Crippen LogP contribution is -2.46. The van der Waals surface area contributed by atoms with Crippen LogP contribution in [0.1, 0.15) is 6.92 Å². The van der Waals surface area contributed by atoms with Crippen molar-refractivity contribution in [2.24, 2.45) is 0 Å². The lowest BCUT2D eigenvalue weighted by Gasteiger charge is -2.13. The van der Waals surface area contributed by atoms with E-state index in [1.165, 1.54) is 0 Å². The largest absolute Gasteiger partial charge is 0.480 e. The second-order valence-electron chi connectivity index (χ2n) is 2.40. The number of carbonyl (C=O) groups excluding carboxylic acids is 1. The summed E-state index contributed by atoms with van der Waals surface area (Å²) in [4.78, 5) is 21.3. The number of amides is 1. The maximum Gasteiger partial charge on any atom is 0.322 e. The molecule has 0 aromatic rings. The van der Waals surface area contributed by atoms with Gasteiger partial charge in [0.25, 0.3) is 0 Å². The number of carboxylic acids is 1. The number of hydrogen-bond acceptors (Lipinski definition) is 4. The normalized spacial score (nSPS) is 12.2. The summed E-state index contributed by atoms with van der Waals surface area (Å²) in [7, 11) is 0. The van der Waals surface area contributed by atoms with Gasteiger partial charge in [0.1, 0.15) is 6.54 Å². The molecule has 13 heavy (non-hydrogen) atoms. The predicted molar refractivity (Wildman–Crippen MR) is 52.0 cm³/mol. The van der Waals surface area contributed by atoms with E-state index >= 15 is 0 Å². The van der Waals surface area contributed by atoms with Crippen molar-refractivity contribution >= 4 is 24.5 Å². The van der Waals surface area contributed by atoms with Crippen LogP contribution in [0.3, 0.4) is 0 Å². The van der Waals surface area contributed by atoms with Crippen LogP contribution in [-0.4, -0.2) is 41.9 Å². The molecule has 1 atom stereocenters. The van der Waals surface area contributed by atoms with Gasteiger partial charge in [0.15, 0.2) is 0 Å². The molecule has 0 bridgehead atoms. The van der Waals surface area contributed by atoms with Crippen LogP contribution in [0, 0.1) is 0 Å². The van der Waals surface area contributed by atoms with Crippen molar-refractivity contribution in [3.8, 4) is 0 Å². The average molecular weight is 206 g/mol. The van der Waals surface area contributed by atoms with Gasteiger partial charge in [-0.25, -0.2) is 0 Å². The highest BCUT2D eigenvalue weighted by Crippen LogP contribution is 1.87. The molecule has 0 radical (unpaired) electrons. The molecule has 0 aliphatic rings. The van der Waals surface area contributed by atoms with Gasteiger partial charge >= 0.3 is 5.97 Å². The number of thiol groups is 1. The highest BCUT2D eigenvalue weighted by Gasteiger charge is 2.15. The van der Waals surface area contributed by atoms with Crippen molar-refractivity contribution in [2.45, 2.75) is 13.0 Å². The van der Waals surface area contributed by atoms with Gasteiger partial charge in [-0.1, -0.05) is 6.92 Å². The molecule has 0 saturated carbocycles. The Hall–Kier alpha value is -0.750. The van der Waals surface area contributed by atoms with E-state index in [0.29, 0.717) is 12.3 Å². The molecular weight excluding hydrogens is 192 g/mol. The summed E-state index contributed by atoms with van der Waals surface area (Å²) >= 11 is 3.96. The fourth-order valence-corrected chi connectivity index (χ4v) is 1.07. The Labute approximate surface area is 82.3 Å². The number of carbonyl (C=O) groups is 2. The molecule has 0 saturated heterocycles. The number of likely N-dealkylation sites (N-methyl/N-ethyl adjacent to an activating group) is 1. The van der Waals surface area contributed by atoms with Crippen molar-refractivity contribution in [3.63, 3.8) is 0 Å². The molecule has 0 aromatic carbocycles. The maximum absolute atomic E-state index is 11.2. The van der Waals surface area contributed by atoms with E-state index < -0.39 is 12.0 Å². The Kier molecular flexibility index (Phi) is 6.34. The second kappa shape index (κ2) is 6.73. The lowest BCUT2D eigenvalue weighted by atomic mass is 10.3. The smallest absolute Gasteiger partial charge is 0.322 e. The van der Waals surface area contributed by atoms with E-state index in [9.17, 15) is 9.59 Å². The third-order valence-electron chi connectivity index (χ3n) is 1.36. The first-order valence-electron chi connectivity index (χ1n) is 3.95. The number of aliphatic carboxylic acids is 1. The van der Waals surface area contributed by atoms with Crippen LogP contribution < -0.4 is 10.6 Å². The third kappa shape index (κ3) is 5.48. The highest BCUT2D eigenvalue weighted by molar-refractivity contribution is 7.80. The molecule has 1 amide bonds. The number of hydrogen-bond donors (Lipinski definition) is 4. The van der Waals surface area contributed by atoms with Crippen LogP contribution in [0.15, 0.2) is 0 Å². The second-order valence-corrected chi connectivity index (χ2v) is 2.77. The van der Waals surface area contributed by atoms with Gasteiger partial charge in [-0.2, -0.15) is 12.6 Å². The standard InChI is InChI=1S/C7H14N2O3S/c1-2-8-5(4-13)7(12)9-3-6(10)11/h5,8,13H,2-4H2,1H3,(H,9,12)(H,10,11)/t5-/m0/s1. The van der Waals surface area contributed by atoms with Crippen LogP contribution >= 0.6 is 12.6 Å². The molecule has 0 aromatic heterocycles. The first kappa shape index (κ1) is 12.2. The third-order valence-corrected chi connectivity index (χ3v) is 1.73. The van der Waals surface area contributed by atoms with Crippen LogP contribution in [-0.2, 0) is 9.59 Å². The summed E-state index contributed by atoms with van der Waals surface area (Å²) in [5, 5.41) is 13.4. The molecule has 6 heteroatoms. The van der Waals surface area contributed by atoms with Gasteiger partial charge in [-0.05, 0) is 6.54 Å². The van der Waals surface area contributed by atoms with Crippen molar-refractivity contribution in [1.29, 1.82) is 0 Å². The van der Waals surface area contributed by atoms with Gasteiger partial charge in [0.2, 0.25) is 5.91 Å². The molecule has 5 nitrogen and oxygen atoms in total. The minimum Gasteiger partial charge on any atom is -0.480 e. The SMILES string of the molecule is CCN[C@@H](CS)C(=O)NCC(=O)O. The van der Waals surface area contributed by atoms with Crippen LogP contribution in [0.2, 0.25) is 0 Å². The predicted octanol–water partition coefficient (Wildman–Crippen LogP) is -0.905. The van der Waals surface area contributed by atoms with E-state index in [1.54, 1.807) is 0 Å². The van der Waals surface area contributed by atoms with Crippen molar-refractivity contribution in [2.75, 3.05) is 18.8 Å². The lowest BCUT2D eigenvalue weighted by molar-refractivity contribution is -0.138. The molecule has 0 spiro atoms. The topological polar surface area (TPSA) is 78.4 Å². The molecule has 0 fully saturated rings. The first-order valence-corrected chi connectivity index (χ1v) is 4.58. The quantitative estimate of drug-likeness (QED) is 0.424. The van der Waals surface area contributed by atoms with E-state index in [0.717, 1.165) is 0 Å². The number of rotatable bonds is 6. The molecule has 3 N–H and O–H groups in total. The Bertz CT molecular complexity index is 187. The number of carboxylic acid groups (broad SMARTS) is 1. The Morgan fingerprint density at radius 1 is 1.54 bits per heavy atom. The maximum atomic E-state index is 11.2. The minimum absolute atomic E-state index is 0.334. The van der Waals surface area contributed by atoms with Gasteiger partial charge in [-0.3, -0.25) is 9.59 Å². The van der Waals surface area contributed by atoms with Crippen molar-refractivity contribution < 1.29 is 14.7 Å². The van der Waals surface area contributed by atoms with Gasteiger partial charge in [0.05, 0.1) is 6.04 Å². The van der Waals surface area contributed by atoms with E-state index in [4.69, 9.17) is 5.11 Å². The molecule has 76 valence electrons. The minimum atomic E-state index is -1.05.